The summed E-state index contributed by atoms with van der Waals surface area (Å²) in [5, 5.41) is 0. The smallest absolute Gasteiger partial charge is 0.423 e. The molecule has 0 aliphatic heterocycles. The molecule has 0 aliphatic carbocycles. The maximum Gasteiger partial charge on any atom is 0.423 e. The van der Waals surface area contributed by atoms with E-state index in [1.165, 1.54) is 7.11 Å². The molecule has 0 aliphatic rings. The molecule has 1 rings (SSSR count). The lowest BCUT2D eigenvalue weighted by atomic mass is 10.3. The van der Waals surface area contributed by atoms with Crippen molar-refractivity contribution in [3.8, 4) is 11.9 Å². The summed E-state index contributed by atoms with van der Waals surface area (Å²) < 4.78 is 45.8. The SMILES string of the molecule is COc1ncc(C(F)(F)F)c(OC)n1. The topological polar surface area (TPSA) is 44.2 Å². The summed E-state index contributed by atoms with van der Waals surface area (Å²) in [6.45, 7) is 0. The van der Waals surface area contributed by atoms with Crippen LogP contribution in [0.2, 0.25) is 0 Å². The normalized spacial score (nSPS) is 11.2. The zero-order valence-electron chi connectivity index (χ0n) is 7.42. The van der Waals surface area contributed by atoms with Gasteiger partial charge in [0.25, 0.3) is 0 Å². The predicted molar refractivity (Wildman–Crippen MR) is 40.1 cm³/mol. The van der Waals surface area contributed by atoms with Gasteiger partial charge < -0.3 is 9.47 Å². The van der Waals surface area contributed by atoms with Gasteiger partial charge in [0.05, 0.1) is 20.4 Å². The van der Waals surface area contributed by atoms with Gasteiger partial charge in [-0.2, -0.15) is 18.2 Å². The van der Waals surface area contributed by atoms with E-state index in [0.29, 0.717) is 6.20 Å². The molecular weight excluding hydrogens is 201 g/mol. The fraction of sp³-hybridized carbons (Fsp3) is 0.429. The number of ether oxygens (including phenoxy) is 2. The van der Waals surface area contributed by atoms with Crippen molar-refractivity contribution in [2.24, 2.45) is 0 Å². The van der Waals surface area contributed by atoms with Crippen molar-refractivity contribution in [2.75, 3.05) is 14.2 Å². The van der Waals surface area contributed by atoms with Gasteiger partial charge in [-0.3, -0.25) is 0 Å². The number of halogens is 3. The molecule has 0 amide bonds. The lowest BCUT2D eigenvalue weighted by Crippen LogP contribution is -2.10. The summed E-state index contributed by atoms with van der Waals surface area (Å²) in [6.07, 6.45) is -3.91. The summed E-state index contributed by atoms with van der Waals surface area (Å²) in [4.78, 5) is 6.74. The second-order valence-electron chi connectivity index (χ2n) is 2.28. The Morgan fingerprint density at radius 1 is 1.21 bits per heavy atom. The lowest BCUT2D eigenvalue weighted by Gasteiger charge is -2.10. The molecule has 14 heavy (non-hydrogen) atoms. The van der Waals surface area contributed by atoms with Crippen LogP contribution in [0, 0.1) is 0 Å². The molecule has 0 fully saturated rings. The van der Waals surface area contributed by atoms with Crippen LogP contribution < -0.4 is 9.47 Å². The van der Waals surface area contributed by atoms with E-state index < -0.39 is 17.6 Å². The Labute approximate surface area is 77.7 Å². The Bertz CT molecular complexity index is 327. The number of rotatable bonds is 2. The van der Waals surface area contributed by atoms with Gasteiger partial charge in [-0.15, -0.1) is 0 Å². The average molecular weight is 208 g/mol. The first-order valence-electron chi connectivity index (χ1n) is 3.51. The molecular formula is C7H7F3N2O2. The van der Waals surface area contributed by atoms with E-state index in [2.05, 4.69) is 19.4 Å². The summed E-state index contributed by atoms with van der Waals surface area (Å²) in [5.74, 6) is -0.552. The van der Waals surface area contributed by atoms with E-state index in [1.807, 2.05) is 0 Å². The Balaban J connectivity index is 3.18. The minimum Gasteiger partial charge on any atom is -0.480 e. The van der Waals surface area contributed by atoms with Gasteiger partial charge in [-0.05, 0) is 0 Å². The lowest BCUT2D eigenvalue weighted by molar-refractivity contribution is -0.139. The Kier molecular flexibility index (Phi) is 2.78. The van der Waals surface area contributed by atoms with Crippen LogP contribution in [0.3, 0.4) is 0 Å². The van der Waals surface area contributed by atoms with Crippen molar-refractivity contribution >= 4 is 0 Å². The molecule has 0 spiro atoms. The Morgan fingerprint density at radius 3 is 2.29 bits per heavy atom. The maximum absolute atomic E-state index is 12.3. The van der Waals surface area contributed by atoms with E-state index in [1.54, 1.807) is 0 Å². The number of nitrogens with zero attached hydrogens (tertiary/aromatic N) is 2. The standard InChI is InChI=1S/C7H7F3N2O2/c1-13-5-4(7(8,9)10)3-11-6(12-5)14-2/h3H,1-2H3. The molecule has 0 unspecified atom stereocenters. The van der Waals surface area contributed by atoms with Crippen LogP contribution in [0.25, 0.3) is 0 Å². The van der Waals surface area contributed by atoms with Crippen molar-refractivity contribution < 1.29 is 22.6 Å². The van der Waals surface area contributed by atoms with Crippen LogP contribution >= 0.6 is 0 Å². The molecule has 1 aromatic heterocycles. The zero-order chi connectivity index (χ0) is 10.8. The number of alkyl halides is 3. The molecule has 0 aromatic carbocycles. The highest BCUT2D eigenvalue weighted by molar-refractivity contribution is 5.27. The van der Waals surface area contributed by atoms with Crippen LogP contribution in [0.5, 0.6) is 11.9 Å². The van der Waals surface area contributed by atoms with E-state index in [0.717, 1.165) is 7.11 Å². The first kappa shape index (κ1) is 10.6. The summed E-state index contributed by atoms with van der Waals surface area (Å²) in [5.41, 5.74) is -1.03. The quantitative estimate of drug-likeness (QED) is 0.738. The summed E-state index contributed by atoms with van der Waals surface area (Å²) in [7, 11) is 2.35. The maximum atomic E-state index is 12.3. The van der Waals surface area contributed by atoms with E-state index >= 15 is 0 Å². The molecule has 0 atom stereocenters. The minimum absolute atomic E-state index is 0.171. The number of aromatic nitrogens is 2. The first-order valence-corrected chi connectivity index (χ1v) is 3.51. The average Bonchev–Trinajstić information content (AvgIpc) is 2.15. The van der Waals surface area contributed by atoms with Crippen LogP contribution in [0.15, 0.2) is 6.20 Å². The largest absolute Gasteiger partial charge is 0.480 e. The molecule has 0 N–H and O–H groups in total. The third-order valence-corrected chi connectivity index (χ3v) is 1.41. The second kappa shape index (κ2) is 3.69. The van der Waals surface area contributed by atoms with E-state index in [-0.39, 0.29) is 6.01 Å². The van der Waals surface area contributed by atoms with Crippen LogP contribution in [0.1, 0.15) is 5.56 Å². The highest BCUT2D eigenvalue weighted by atomic mass is 19.4. The van der Waals surface area contributed by atoms with Gasteiger partial charge in [0.15, 0.2) is 0 Å². The molecule has 7 heteroatoms. The van der Waals surface area contributed by atoms with Gasteiger partial charge >= 0.3 is 12.2 Å². The van der Waals surface area contributed by atoms with Gasteiger partial charge in [0.2, 0.25) is 5.88 Å². The molecule has 0 bridgehead atoms. The van der Waals surface area contributed by atoms with Crippen molar-refractivity contribution in [3.05, 3.63) is 11.8 Å². The van der Waals surface area contributed by atoms with E-state index in [4.69, 9.17) is 0 Å². The fourth-order valence-corrected chi connectivity index (χ4v) is 0.799. The minimum atomic E-state index is -4.53. The highest BCUT2D eigenvalue weighted by Crippen LogP contribution is 2.34. The first-order chi connectivity index (χ1) is 6.49. The summed E-state index contributed by atoms with van der Waals surface area (Å²) in [6, 6.07) is -0.171. The molecule has 78 valence electrons. The second-order valence-corrected chi connectivity index (χ2v) is 2.28. The van der Waals surface area contributed by atoms with Crippen molar-refractivity contribution in [3.63, 3.8) is 0 Å². The van der Waals surface area contributed by atoms with Crippen molar-refractivity contribution in [1.29, 1.82) is 0 Å². The van der Waals surface area contributed by atoms with Gasteiger partial charge in [0.1, 0.15) is 5.56 Å². The van der Waals surface area contributed by atoms with Crippen molar-refractivity contribution in [2.45, 2.75) is 6.18 Å². The van der Waals surface area contributed by atoms with Gasteiger partial charge in [-0.1, -0.05) is 0 Å². The van der Waals surface area contributed by atoms with Crippen LogP contribution in [0.4, 0.5) is 13.2 Å². The van der Waals surface area contributed by atoms with Crippen LogP contribution in [-0.4, -0.2) is 24.2 Å². The number of methoxy groups -OCH3 is 2. The molecule has 0 saturated carbocycles. The Hall–Kier alpha value is -1.53. The highest BCUT2D eigenvalue weighted by Gasteiger charge is 2.36. The molecule has 0 saturated heterocycles. The molecule has 1 heterocycles. The van der Waals surface area contributed by atoms with Gasteiger partial charge in [-0.25, -0.2) is 4.98 Å². The zero-order valence-corrected chi connectivity index (χ0v) is 7.42. The number of hydrogen-bond donors (Lipinski definition) is 0. The van der Waals surface area contributed by atoms with Crippen molar-refractivity contribution in [1.82, 2.24) is 9.97 Å². The summed E-state index contributed by atoms with van der Waals surface area (Å²) >= 11 is 0. The Morgan fingerprint density at radius 2 is 1.86 bits per heavy atom. The number of hydrogen-bond acceptors (Lipinski definition) is 4. The molecule has 1 aromatic rings. The fourth-order valence-electron chi connectivity index (χ4n) is 0.799. The van der Waals surface area contributed by atoms with E-state index in [9.17, 15) is 13.2 Å². The molecule has 0 radical (unpaired) electrons. The third-order valence-electron chi connectivity index (χ3n) is 1.41. The van der Waals surface area contributed by atoms with Crippen LogP contribution in [-0.2, 0) is 6.18 Å². The predicted octanol–water partition coefficient (Wildman–Crippen LogP) is 1.51. The monoisotopic (exact) mass is 208 g/mol. The third kappa shape index (κ3) is 2.04. The van der Waals surface area contributed by atoms with Gasteiger partial charge in [0, 0.05) is 0 Å². The molecule has 4 nitrogen and oxygen atoms in total.